The van der Waals surface area contributed by atoms with Crippen molar-refractivity contribution in [1.82, 2.24) is 9.97 Å². The van der Waals surface area contributed by atoms with Crippen molar-refractivity contribution >= 4 is 39.1 Å². The summed E-state index contributed by atoms with van der Waals surface area (Å²) in [5, 5.41) is 6.44. The van der Waals surface area contributed by atoms with Crippen LogP contribution in [0, 0.1) is 6.92 Å². The minimum Gasteiger partial charge on any atom is -0.481 e. The Morgan fingerprint density at radius 1 is 1.16 bits per heavy atom. The summed E-state index contributed by atoms with van der Waals surface area (Å²) in [5.41, 5.74) is 5.04. The van der Waals surface area contributed by atoms with E-state index < -0.39 is 6.10 Å². The number of rotatable bonds is 8. The van der Waals surface area contributed by atoms with E-state index in [-0.39, 0.29) is 11.7 Å². The van der Waals surface area contributed by atoms with E-state index in [0.717, 1.165) is 33.4 Å². The highest BCUT2D eigenvalue weighted by Gasteiger charge is 2.18. The van der Waals surface area contributed by atoms with E-state index in [1.165, 1.54) is 11.3 Å². The van der Waals surface area contributed by atoms with Crippen molar-refractivity contribution in [2.24, 2.45) is 0 Å². The standard InChI is InChI=1S/C25H25N3O3S/c1-15(29)8-9-18-10-12-19(13-11-18)31-17(3)24(30)28-25-27-22(14-32-25)23-16(2)26-21-7-5-4-6-20(21)23/h4-7,10-14,17,26H,8-9H2,1-3H3,(H,27,28,30). The molecular formula is C25H25N3O3S. The smallest absolute Gasteiger partial charge is 0.266 e. The van der Waals surface area contributed by atoms with Crippen LogP contribution in [0.2, 0.25) is 0 Å². The van der Waals surface area contributed by atoms with Crippen molar-refractivity contribution in [1.29, 1.82) is 0 Å². The van der Waals surface area contributed by atoms with Gasteiger partial charge in [0.2, 0.25) is 0 Å². The number of ether oxygens (including phenoxy) is 1. The summed E-state index contributed by atoms with van der Waals surface area (Å²) < 4.78 is 5.78. The van der Waals surface area contributed by atoms with Crippen molar-refractivity contribution < 1.29 is 14.3 Å². The number of carbonyl (C=O) groups excluding carboxylic acids is 2. The summed E-state index contributed by atoms with van der Waals surface area (Å²) in [4.78, 5) is 31.7. The zero-order chi connectivity index (χ0) is 22.7. The fraction of sp³-hybridized carbons (Fsp3) is 0.240. The van der Waals surface area contributed by atoms with Gasteiger partial charge in [-0.15, -0.1) is 11.3 Å². The monoisotopic (exact) mass is 447 g/mol. The first kappa shape index (κ1) is 21.8. The van der Waals surface area contributed by atoms with Crippen LogP contribution in [0.3, 0.4) is 0 Å². The highest BCUT2D eigenvalue weighted by atomic mass is 32.1. The summed E-state index contributed by atoms with van der Waals surface area (Å²) in [6.07, 6.45) is 0.543. The molecule has 0 aliphatic heterocycles. The summed E-state index contributed by atoms with van der Waals surface area (Å²) >= 11 is 1.39. The second kappa shape index (κ2) is 9.36. The van der Waals surface area contributed by atoms with Crippen LogP contribution < -0.4 is 10.1 Å². The van der Waals surface area contributed by atoms with Crippen molar-refractivity contribution in [3.63, 3.8) is 0 Å². The molecule has 0 radical (unpaired) electrons. The molecule has 2 aromatic heterocycles. The number of nitrogens with one attached hydrogen (secondary N) is 2. The lowest BCUT2D eigenvalue weighted by Gasteiger charge is -2.14. The maximum Gasteiger partial charge on any atom is 0.266 e. The van der Waals surface area contributed by atoms with E-state index in [4.69, 9.17) is 4.74 Å². The molecule has 1 unspecified atom stereocenters. The lowest BCUT2D eigenvalue weighted by molar-refractivity contribution is -0.122. The molecule has 0 saturated heterocycles. The molecule has 2 aromatic carbocycles. The number of nitrogens with zero attached hydrogens (tertiary/aromatic N) is 1. The molecule has 0 bridgehead atoms. The second-order valence-corrected chi connectivity index (χ2v) is 8.66. The Morgan fingerprint density at radius 3 is 2.66 bits per heavy atom. The number of amides is 1. The minimum absolute atomic E-state index is 0.167. The number of aromatic amines is 1. The van der Waals surface area contributed by atoms with E-state index in [2.05, 4.69) is 21.4 Å². The van der Waals surface area contributed by atoms with Crippen molar-refractivity contribution in [2.45, 2.75) is 39.7 Å². The average Bonchev–Trinajstić information content (AvgIpc) is 3.35. The van der Waals surface area contributed by atoms with Crippen LogP contribution in [-0.2, 0) is 16.0 Å². The van der Waals surface area contributed by atoms with Gasteiger partial charge in [-0.05, 0) is 51.0 Å². The van der Waals surface area contributed by atoms with Gasteiger partial charge in [0.15, 0.2) is 11.2 Å². The topological polar surface area (TPSA) is 84.1 Å². The molecule has 2 N–H and O–H groups in total. The molecule has 0 saturated carbocycles. The second-order valence-electron chi connectivity index (χ2n) is 7.80. The lowest BCUT2D eigenvalue weighted by atomic mass is 10.1. The Bertz CT molecular complexity index is 1260. The van der Waals surface area contributed by atoms with Gasteiger partial charge in [-0.1, -0.05) is 30.3 Å². The van der Waals surface area contributed by atoms with Gasteiger partial charge in [0.1, 0.15) is 11.5 Å². The number of carbonyl (C=O) groups is 2. The number of anilines is 1. The fourth-order valence-corrected chi connectivity index (χ4v) is 4.28. The van der Waals surface area contributed by atoms with Crippen LogP contribution >= 0.6 is 11.3 Å². The molecule has 0 fully saturated rings. The number of thiazole rings is 1. The fourth-order valence-electron chi connectivity index (χ4n) is 3.57. The third-order valence-corrected chi connectivity index (χ3v) is 6.01. The van der Waals surface area contributed by atoms with E-state index in [9.17, 15) is 9.59 Å². The molecule has 4 rings (SSSR count). The summed E-state index contributed by atoms with van der Waals surface area (Å²) in [7, 11) is 0. The third-order valence-electron chi connectivity index (χ3n) is 5.26. The lowest BCUT2D eigenvalue weighted by Crippen LogP contribution is -2.30. The first-order valence-electron chi connectivity index (χ1n) is 10.5. The normalized spacial score (nSPS) is 12.0. The van der Waals surface area contributed by atoms with Crippen LogP contribution in [0.25, 0.3) is 22.2 Å². The number of aromatic nitrogens is 2. The van der Waals surface area contributed by atoms with Gasteiger partial charge in [-0.2, -0.15) is 0 Å². The van der Waals surface area contributed by atoms with Gasteiger partial charge in [-0.25, -0.2) is 4.98 Å². The average molecular weight is 448 g/mol. The Balaban J connectivity index is 1.39. The summed E-state index contributed by atoms with van der Waals surface area (Å²) in [5.74, 6) is 0.511. The van der Waals surface area contributed by atoms with Crippen molar-refractivity contribution in [2.75, 3.05) is 5.32 Å². The predicted molar refractivity (Wildman–Crippen MR) is 128 cm³/mol. The zero-order valence-electron chi connectivity index (χ0n) is 18.3. The quantitative estimate of drug-likeness (QED) is 0.372. The van der Waals surface area contributed by atoms with Gasteiger partial charge in [0.25, 0.3) is 5.91 Å². The minimum atomic E-state index is -0.680. The molecule has 164 valence electrons. The first-order chi connectivity index (χ1) is 15.4. The predicted octanol–water partition coefficient (Wildman–Crippen LogP) is 5.53. The molecule has 0 aliphatic carbocycles. The number of Topliss-reactive ketones (excluding diaryl/α,β-unsaturated/α-hetero) is 1. The van der Waals surface area contributed by atoms with Crippen molar-refractivity contribution in [3.8, 4) is 17.0 Å². The molecule has 0 aliphatic rings. The number of para-hydroxylation sites is 1. The van der Waals surface area contributed by atoms with Crippen LogP contribution in [0.1, 0.15) is 31.5 Å². The Morgan fingerprint density at radius 2 is 1.91 bits per heavy atom. The van der Waals surface area contributed by atoms with Gasteiger partial charge in [-0.3, -0.25) is 10.1 Å². The number of benzene rings is 2. The van der Waals surface area contributed by atoms with E-state index >= 15 is 0 Å². The Kier molecular flexibility index (Phi) is 6.37. The molecule has 0 spiro atoms. The maximum atomic E-state index is 12.6. The summed E-state index contributed by atoms with van der Waals surface area (Å²) in [6.45, 7) is 5.32. The number of aryl methyl sites for hydroxylation is 2. The number of ketones is 1. The molecule has 1 amide bonds. The van der Waals surface area contributed by atoms with E-state index in [1.54, 1.807) is 13.8 Å². The molecule has 1 atom stereocenters. The van der Waals surface area contributed by atoms with Crippen LogP contribution in [0.15, 0.2) is 53.9 Å². The highest BCUT2D eigenvalue weighted by Crippen LogP contribution is 2.33. The molecule has 7 heteroatoms. The Hall–Kier alpha value is -3.45. The zero-order valence-corrected chi connectivity index (χ0v) is 19.1. The molecule has 6 nitrogen and oxygen atoms in total. The van der Waals surface area contributed by atoms with E-state index in [0.29, 0.717) is 23.7 Å². The van der Waals surface area contributed by atoms with Gasteiger partial charge in [0.05, 0.1) is 5.69 Å². The van der Waals surface area contributed by atoms with E-state index in [1.807, 2.05) is 54.8 Å². The molecular weight excluding hydrogens is 422 g/mol. The third kappa shape index (κ3) is 4.89. The largest absolute Gasteiger partial charge is 0.481 e. The maximum absolute atomic E-state index is 12.6. The first-order valence-corrected chi connectivity index (χ1v) is 11.4. The SMILES string of the molecule is CC(=O)CCc1ccc(OC(C)C(=O)Nc2nc(-c3c(C)[nH]c4ccccc34)cs2)cc1. The number of hydrogen-bond donors (Lipinski definition) is 2. The number of fused-ring (bicyclic) bond motifs is 1. The van der Waals surface area contributed by atoms with Crippen molar-refractivity contribution in [3.05, 3.63) is 65.2 Å². The van der Waals surface area contributed by atoms with Gasteiger partial charge < -0.3 is 14.5 Å². The molecule has 4 aromatic rings. The van der Waals surface area contributed by atoms with Gasteiger partial charge >= 0.3 is 0 Å². The molecule has 2 heterocycles. The number of hydrogen-bond acceptors (Lipinski definition) is 5. The van der Waals surface area contributed by atoms with Crippen LogP contribution in [0.5, 0.6) is 5.75 Å². The Labute approximate surface area is 190 Å². The summed E-state index contributed by atoms with van der Waals surface area (Å²) in [6, 6.07) is 15.6. The van der Waals surface area contributed by atoms with Gasteiger partial charge in [0, 0.05) is 34.0 Å². The highest BCUT2D eigenvalue weighted by molar-refractivity contribution is 7.14. The molecule has 32 heavy (non-hydrogen) atoms. The van der Waals surface area contributed by atoms with Crippen LogP contribution in [0.4, 0.5) is 5.13 Å². The number of H-pyrrole nitrogens is 1. The van der Waals surface area contributed by atoms with Crippen LogP contribution in [-0.4, -0.2) is 27.8 Å².